The predicted molar refractivity (Wildman–Crippen MR) is 135 cm³/mol. The Morgan fingerprint density at radius 1 is 1.11 bits per heavy atom. The summed E-state index contributed by atoms with van der Waals surface area (Å²) in [6, 6.07) is 17.7. The summed E-state index contributed by atoms with van der Waals surface area (Å²) in [6.45, 7) is 6.28. The molecule has 0 unspecified atom stereocenters. The highest BCUT2D eigenvalue weighted by Gasteiger charge is 2.42. The van der Waals surface area contributed by atoms with Crippen LogP contribution in [0.2, 0.25) is 0 Å². The lowest BCUT2D eigenvalue weighted by Crippen LogP contribution is -2.32. The van der Waals surface area contributed by atoms with E-state index in [1.54, 1.807) is 12.1 Å². The van der Waals surface area contributed by atoms with Crippen LogP contribution in [0.1, 0.15) is 67.7 Å². The second-order valence-electron chi connectivity index (χ2n) is 10.3. The van der Waals surface area contributed by atoms with Gasteiger partial charge in [0.2, 0.25) is 0 Å². The summed E-state index contributed by atoms with van der Waals surface area (Å²) in [7, 11) is 1.50. The molecule has 1 aliphatic heterocycles. The first kappa shape index (κ1) is 22.8. The first-order valence-corrected chi connectivity index (χ1v) is 11.8. The van der Waals surface area contributed by atoms with E-state index in [0.29, 0.717) is 29.7 Å². The number of phenolic OH excluding ortho intramolecular Hbond substituents is 1. The van der Waals surface area contributed by atoms with Crippen LogP contribution in [0.5, 0.6) is 11.5 Å². The van der Waals surface area contributed by atoms with Crippen molar-refractivity contribution in [2.75, 3.05) is 12.4 Å². The number of phenols is 1. The molecule has 0 spiro atoms. The van der Waals surface area contributed by atoms with Gasteiger partial charge in [0.1, 0.15) is 11.9 Å². The number of nitriles is 1. The van der Waals surface area contributed by atoms with Gasteiger partial charge in [-0.2, -0.15) is 5.26 Å². The van der Waals surface area contributed by atoms with Gasteiger partial charge in [-0.25, -0.2) is 0 Å². The largest absolute Gasteiger partial charge is 0.504 e. The molecule has 0 radical (unpaired) electrons. The van der Waals surface area contributed by atoms with Crippen LogP contribution in [0.25, 0.3) is 0 Å². The fourth-order valence-electron chi connectivity index (χ4n) is 5.40. The van der Waals surface area contributed by atoms with Crippen LogP contribution in [0.4, 0.5) is 5.82 Å². The fraction of sp³-hybridized carbons (Fsp3) is 0.310. The maximum Gasteiger partial charge on any atom is 0.162 e. The van der Waals surface area contributed by atoms with Crippen LogP contribution < -0.4 is 10.1 Å². The van der Waals surface area contributed by atoms with E-state index in [0.717, 1.165) is 28.2 Å². The van der Waals surface area contributed by atoms with Crippen molar-refractivity contribution in [2.45, 2.75) is 51.0 Å². The zero-order valence-corrected chi connectivity index (χ0v) is 20.4. The number of benzene rings is 2. The molecule has 1 aliphatic carbocycles. The monoisotopic (exact) mass is 467 g/mol. The molecule has 3 aromatic rings. The summed E-state index contributed by atoms with van der Waals surface area (Å²) in [5.41, 5.74) is 4.59. The number of nitrogens with one attached hydrogen (secondary N) is 1. The molecule has 2 N–H and O–H groups in total. The van der Waals surface area contributed by atoms with Crippen LogP contribution in [0.3, 0.4) is 0 Å². The first-order valence-electron chi connectivity index (χ1n) is 11.8. The number of ether oxygens (including phenoxy) is 1. The van der Waals surface area contributed by atoms with Crippen molar-refractivity contribution in [3.63, 3.8) is 0 Å². The quantitative estimate of drug-likeness (QED) is 0.509. The lowest BCUT2D eigenvalue weighted by atomic mass is 9.72. The first-order chi connectivity index (χ1) is 16.7. The van der Waals surface area contributed by atoms with Crippen LogP contribution in [0.15, 0.2) is 66.0 Å². The minimum atomic E-state index is -0.432. The summed E-state index contributed by atoms with van der Waals surface area (Å²) < 4.78 is 7.47. The Hall–Kier alpha value is -3.98. The van der Waals surface area contributed by atoms with Crippen LogP contribution in [0, 0.1) is 11.3 Å². The highest BCUT2D eigenvalue weighted by molar-refractivity contribution is 6.02. The van der Waals surface area contributed by atoms with Gasteiger partial charge < -0.3 is 19.7 Å². The van der Waals surface area contributed by atoms with E-state index in [1.165, 1.54) is 7.11 Å². The smallest absolute Gasteiger partial charge is 0.162 e. The third-order valence-corrected chi connectivity index (χ3v) is 7.05. The summed E-state index contributed by atoms with van der Waals surface area (Å²) in [5, 5.41) is 23.9. The number of fused-ring (bicyclic) bond motifs is 1. The standard InChI is InChI=1S/C29H29N3O3/c1-29(2,3)32-16-20(15-30)26-25(18-10-11-22(33)24(14-18)35-4)27-21(31-28(26)32)12-19(13-23(27)34)17-8-6-5-7-9-17/h5-11,14,16,19,25,31,33H,12-13H2,1-4H3/t19-,25+/m1/s1. The van der Waals surface area contributed by atoms with Crippen molar-refractivity contribution in [3.8, 4) is 17.6 Å². The molecule has 0 saturated carbocycles. The van der Waals surface area contributed by atoms with E-state index in [9.17, 15) is 15.2 Å². The second-order valence-corrected chi connectivity index (χ2v) is 10.3. The summed E-state index contributed by atoms with van der Waals surface area (Å²) in [4.78, 5) is 13.8. The summed E-state index contributed by atoms with van der Waals surface area (Å²) >= 11 is 0. The molecule has 0 amide bonds. The normalized spacial score (nSPS) is 19.5. The van der Waals surface area contributed by atoms with Crippen molar-refractivity contribution in [2.24, 2.45) is 0 Å². The maximum atomic E-state index is 13.8. The Bertz CT molecular complexity index is 1390. The number of ketones is 1. The van der Waals surface area contributed by atoms with Gasteiger partial charge >= 0.3 is 0 Å². The molecule has 2 aliphatic rings. The number of anilines is 1. The maximum absolute atomic E-state index is 13.8. The van der Waals surface area contributed by atoms with Crippen LogP contribution >= 0.6 is 0 Å². The zero-order valence-electron chi connectivity index (χ0n) is 20.4. The number of hydrogen-bond donors (Lipinski definition) is 2. The Morgan fingerprint density at radius 3 is 2.51 bits per heavy atom. The molecule has 35 heavy (non-hydrogen) atoms. The van der Waals surface area contributed by atoms with Crippen molar-refractivity contribution < 1.29 is 14.6 Å². The topological polar surface area (TPSA) is 87.3 Å². The molecule has 0 bridgehead atoms. The fourth-order valence-corrected chi connectivity index (χ4v) is 5.40. The Morgan fingerprint density at radius 2 is 1.86 bits per heavy atom. The molecular formula is C29H29N3O3. The number of nitrogens with zero attached hydrogens (tertiary/aromatic N) is 2. The van der Waals surface area contributed by atoms with Gasteiger partial charge in [-0.3, -0.25) is 4.79 Å². The molecule has 6 heteroatoms. The average molecular weight is 468 g/mol. The van der Waals surface area contributed by atoms with Gasteiger partial charge in [0, 0.05) is 40.9 Å². The minimum absolute atomic E-state index is 0.0338. The number of carbonyl (C=O) groups excluding carboxylic acids is 1. The number of Topliss-reactive ketones (excluding diaryl/α,β-unsaturated/α-hetero) is 1. The number of carbonyl (C=O) groups is 1. The lowest BCUT2D eigenvalue weighted by Gasteiger charge is -2.37. The predicted octanol–water partition coefficient (Wildman–Crippen LogP) is 5.79. The molecule has 0 fully saturated rings. The van der Waals surface area contributed by atoms with Gasteiger partial charge in [0.15, 0.2) is 17.3 Å². The Labute approximate surface area is 205 Å². The zero-order chi connectivity index (χ0) is 24.9. The van der Waals surface area contributed by atoms with Gasteiger partial charge in [0.05, 0.1) is 12.7 Å². The Balaban J connectivity index is 1.74. The molecule has 1 aromatic heterocycles. The molecule has 5 rings (SSSR count). The summed E-state index contributed by atoms with van der Waals surface area (Å²) in [5.74, 6) is 0.933. The van der Waals surface area contributed by atoms with Crippen molar-refractivity contribution in [1.82, 2.24) is 4.57 Å². The molecule has 2 heterocycles. The van der Waals surface area contributed by atoms with Gasteiger partial charge in [-0.15, -0.1) is 0 Å². The van der Waals surface area contributed by atoms with E-state index >= 15 is 0 Å². The molecular weight excluding hydrogens is 438 g/mol. The highest BCUT2D eigenvalue weighted by atomic mass is 16.5. The molecule has 2 atom stereocenters. The highest BCUT2D eigenvalue weighted by Crippen LogP contribution is 2.51. The van der Waals surface area contributed by atoms with Crippen molar-refractivity contribution >= 4 is 11.6 Å². The number of rotatable bonds is 3. The number of aromatic hydroxyl groups is 1. The lowest BCUT2D eigenvalue weighted by molar-refractivity contribution is -0.116. The minimum Gasteiger partial charge on any atom is -0.504 e. The number of methoxy groups -OCH3 is 1. The van der Waals surface area contributed by atoms with E-state index in [1.807, 2.05) is 30.5 Å². The third-order valence-electron chi connectivity index (χ3n) is 7.05. The summed E-state index contributed by atoms with van der Waals surface area (Å²) in [6.07, 6.45) is 2.99. The second kappa shape index (κ2) is 8.35. The molecule has 6 nitrogen and oxygen atoms in total. The molecule has 0 saturated heterocycles. The molecule has 2 aromatic carbocycles. The third kappa shape index (κ3) is 3.77. The van der Waals surface area contributed by atoms with Crippen LogP contribution in [-0.4, -0.2) is 22.6 Å². The van der Waals surface area contributed by atoms with E-state index < -0.39 is 5.92 Å². The van der Waals surface area contributed by atoms with Gasteiger partial charge in [-0.1, -0.05) is 36.4 Å². The SMILES string of the molecule is COc1cc([C@@H]2C3=C(C[C@@H](c4ccccc4)CC3=O)Nc3c2c(C#N)cn3C(C)(C)C)ccc1O. The van der Waals surface area contributed by atoms with E-state index in [2.05, 4.69) is 48.9 Å². The average Bonchev–Trinajstić information content (AvgIpc) is 3.22. The number of aromatic nitrogens is 1. The van der Waals surface area contributed by atoms with E-state index in [4.69, 9.17) is 4.74 Å². The van der Waals surface area contributed by atoms with Crippen molar-refractivity contribution in [1.29, 1.82) is 5.26 Å². The number of allylic oxidation sites excluding steroid dienone is 2. The van der Waals surface area contributed by atoms with Gasteiger partial charge in [0.25, 0.3) is 0 Å². The number of hydrogen-bond acceptors (Lipinski definition) is 5. The van der Waals surface area contributed by atoms with E-state index in [-0.39, 0.29) is 23.0 Å². The van der Waals surface area contributed by atoms with Crippen molar-refractivity contribution in [3.05, 3.63) is 88.3 Å². The van der Waals surface area contributed by atoms with Crippen LogP contribution in [-0.2, 0) is 10.3 Å². The Kier molecular flexibility index (Phi) is 5.44. The molecule has 178 valence electrons. The van der Waals surface area contributed by atoms with Gasteiger partial charge in [-0.05, 0) is 56.4 Å².